The number of aryl methyl sites for hydroxylation is 1. The van der Waals surface area contributed by atoms with E-state index in [-0.39, 0.29) is 5.92 Å². The molecule has 0 radical (unpaired) electrons. The molecule has 3 nitrogen and oxygen atoms in total. The van der Waals surface area contributed by atoms with Crippen LogP contribution >= 0.6 is 11.6 Å². The molecule has 0 amide bonds. The number of hydrogen-bond acceptors (Lipinski definition) is 3. The van der Waals surface area contributed by atoms with Gasteiger partial charge in [0.25, 0.3) is 0 Å². The molecule has 2 aliphatic heterocycles. The van der Waals surface area contributed by atoms with E-state index >= 15 is 0 Å². The summed E-state index contributed by atoms with van der Waals surface area (Å²) in [5, 5.41) is 0.679. The number of halogens is 1. The van der Waals surface area contributed by atoms with Crippen molar-refractivity contribution in [3.63, 3.8) is 0 Å². The van der Waals surface area contributed by atoms with Gasteiger partial charge in [-0.25, -0.2) is 0 Å². The average Bonchev–Trinajstić information content (AvgIpc) is 2.78. The molecule has 124 valence electrons. The van der Waals surface area contributed by atoms with Crippen molar-refractivity contribution in [2.45, 2.75) is 25.5 Å². The van der Waals surface area contributed by atoms with E-state index in [9.17, 15) is 0 Å². The molecular weight excluding hydrogens is 322 g/mol. The Labute approximate surface area is 147 Å². The van der Waals surface area contributed by atoms with E-state index in [1.807, 2.05) is 24.3 Å². The largest absolute Gasteiger partial charge is 0.495 e. The molecule has 0 aromatic heterocycles. The first-order valence-electron chi connectivity index (χ1n) is 8.07. The van der Waals surface area contributed by atoms with Crippen molar-refractivity contribution < 1.29 is 9.47 Å². The molecule has 0 saturated heterocycles. The first-order valence-corrected chi connectivity index (χ1v) is 8.45. The minimum absolute atomic E-state index is 0.163. The van der Waals surface area contributed by atoms with E-state index < -0.39 is 5.72 Å². The SMILES string of the molecule is COc1ccc(C)c2c1N(C)C1(C=Cc3ccc(Cl)cc3O1)C2C. The molecule has 0 N–H and O–H groups in total. The van der Waals surface area contributed by atoms with E-state index in [0.29, 0.717) is 5.02 Å². The summed E-state index contributed by atoms with van der Waals surface area (Å²) in [5.41, 5.74) is 4.09. The number of methoxy groups -OCH3 is 1. The van der Waals surface area contributed by atoms with Crippen molar-refractivity contribution >= 4 is 23.4 Å². The third-order valence-corrected chi connectivity index (χ3v) is 5.52. The van der Waals surface area contributed by atoms with E-state index in [2.05, 4.69) is 44.0 Å². The molecule has 0 fully saturated rings. The van der Waals surface area contributed by atoms with E-state index in [4.69, 9.17) is 21.1 Å². The Bertz CT molecular complexity index is 861. The Balaban J connectivity index is 1.88. The summed E-state index contributed by atoms with van der Waals surface area (Å²) in [7, 11) is 3.77. The summed E-state index contributed by atoms with van der Waals surface area (Å²) in [6.45, 7) is 4.34. The standard InChI is InChI=1S/C20H20ClNO2/c1-12-5-8-16(23-4)19-18(12)13(2)20(22(19)3)10-9-14-6-7-15(21)11-17(14)24-20/h5-11,13H,1-4H3. The van der Waals surface area contributed by atoms with Crippen molar-refractivity contribution in [3.05, 3.63) is 58.1 Å². The summed E-state index contributed by atoms with van der Waals surface area (Å²) >= 11 is 6.17. The third-order valence-electron chi connectivity index (χ3n) is 5.28. The lowest BCUT2D eigenvalue weighted by Gasteiger charge is -2.41. The lowest BCUT2D eigenvalue weighted by Crippen LogP contribution is -2.50. The van der Waals surface area contributed by atoms with Gasteiger partial charge in [0.05, 0.1) is 12.8 Å². The molecule has 4 rings (SSSR count). The zero-order chi connectivity index (χ0) is 17.1. The van der Waals surface area contributed by atoms with Crippen LogP contribution in [0, 0.1) is 6.92 Å². The number of likely N-dealkylation sites (N-methyl/N-ethyl adjacent to an activating group) is 1. The number of ether oxygens (including phenoxy) is 2. The van der Waals surface area contributed by atoms with Gasteiger partial charge in [0, 0.05) is 23.6 Å². The molecule has 2 atom stereocenters. The molecule has 24 heavy (non-hydrogen) atoms. The summed E-state index contributed by atoms with van der Waals surface area (Å²) < 4.78 is 12.1. The van der Waals surface area contributed by atoms with Crippen LogP contribution < -0.4 is 14.4 Å². The predicted octanol–water partition coefficient (Wildman–Crippen LogP) is 5.01. The van der Waals surface area contributed by atoms with Gasteiger partial charge in [0.2, 0.25) is 5.72 Å². The fourth-order valence-electron chi connectivity index (χ4n) is 3.98. The van der Waals surface area contributed by atoms with Crippen LogP contribution in [0.5, 0.6) is 11.5 Å². The summed E-state index contributed by atoms with van der Waals surface area (Å²) in [6, 6.07) is 9.89. The minimum atomic E-state index is -0.570. The van der Waals surface area contributed by atoms with E-state index in [0.717, 1.165) is 22.7 Å². The Morgan fingerprint density at radius 3 is 2.79 bits per heavy atom. The maximum Gasteiger partial charge on any atom is 0.209 e. The van der Waals surface area contributed by atoms with Gasteiger partial charge in [-0.3, -0.25) is 0 Å². The fraction of sp³-hybridized carbons (Fsp3) is 0.300. The normalized spacial score (nSPS) is 23.9. The smallest absolute Gasteiger partial charge is 0.209 e. The highest BCUT2D eigenvalue weighted by atomic mass is 35.5. The summed E-state index contributed by atoms with van der Waals surface area (Å²) in [4.78, 5) is 2.18. The van der Waals surface area contributed by atoms with Gasteiger partial charge in [0.15, 0.2) is 0 Å². The Hall–Kier alpha value is -2.13. The maximum atomic E-state index is 6.52. The van der Waals surface area contributed by atoms with Crippen molar-refractivity contribution in [2.24, 2.45) is 0 Å². The molecule has 2 unspecified atom stereocenters. The quantitative estimate of drug-likeness (QED) is 0.727. The third kappa shape index (κ3) is 1.91. The Morgan fingerprint density at radius 2 is 2.04 bits per heavy atom. The highest BCUT2D eigenvalue weighted by molar-refractivity contribution is 6.30. The number of nitrogens with zero attached hydrogens (tertiary/aromatic N) is 1. The van der Waals surface area contributed by atoms with Gasteiger partial charge in [-0.1, -0.05) is 24.6 Å². The van der Waals surface area contributed by atoms with Gasteiger partial charge < -0.3 is 14.4 Å². The van der Waals surface area contributed by atoms with Crippen molar-refractivity contribution in [1.29, 1.82) is 0 Å². The number of fused-ring (bicyclic) bond motifs is 2. The van der Waals surface area contributed by atoms with Gasteiger partial charge in [-0.05, 0) is 54.5 Å². The van der Waals surface area contributed by atoms with Crippen LogP contribution in [0.2, 0.25) is 5.02 Å². The van der Waals surface area contributed by atoms with Crippen LogP contribution in [-0.2, 0) is 0 Å². The first kappa shape index (κ1) is 15.4. The van der Waals surface area contributed by atoms with Gasteiger partial charge in [0.1, 0.15) is 11.5 Å². The molecule has 2 heterocycles. The fourth-order valence-corrected chi connectivity index (χ4v) is 4.15. The molecule has 2 aliphatic rings. The van der Waals surface area contributed by atoms with Crippen LogP contribution in [0.3, 0.4) is 0 Å². The molecule has 1 spiro atoms. The first-order chi connectivity index (χ1) is 11.5. The second-order valence-electron chi connectivity index (χ2n) is 6.50. The van der Waals surface area contributed by atoms with Crippen LogP contribution in [0.1, 0.15) is 29.5 Å². The van der Waals surface area contributed by atoms with Crippen LogP contribution in [0.15, 0.2) is 36.4 Å². The van der Waals surface area contributed by atoms with Crippen LogP contribution in [-0.4, -0.2) is 19.9 Å². The monoisotopic (exact) mass is 341 g/mol. The lowest BCUT2D eigenvalue weighted by molar-refractivity contribution is 0.103. The number of anilines is 1. The van der Waals surface area contributed by atoms with Gasteiger partial charge >= 0.3 is 0 Å². The van der Waals surface area contributed by atoms with E-state index in [1.54, 1.807) is 7.11 Å². The minimum Gasteiger partial charge on any atom is -0.495 e. The van der Waals surface area contributed by atoms with Crippen molar-refractivity contribution in [2.75, 3.05) is 19.1 Å². The number of hydrogen-bond donors (Lipinski definition) is 0. The summed E-state index contributed by atoms with van der Waals surface area (Å²) in [6.07, 6.45) is 4.27. The molecular formula is C20H20ClNO2. The van der Waals surface area contributed by atoms with Crippen LogP contribution in [0.4, 0.5) is 5.69 Å². The molecule has 0 bridgehead atoms. The summed E-state index contributed by atoms with van der Waals surface area (Å²) in [5.74, 6) is 1.85. The Morgan fingerprint density at radius 1 is 1.25 bits per heavy atom. The van der Waals surface area contributed by atoms with Crippen molar-refractivity contribution in [1.82, 2.24) is 0 Å². The molecule has 2 aromatic rings. The Kier molecular flexibility index (Phi) is 3.33. The molecule has 0 aliphatic carbocycles. The van der Waals surface area contributed by atoms with Crippen molar-refractivity contribution in [3.8, 4) is 11.5 Å². The highest BCUT2D eigenvalue weighted by Crippen LogP contribution is 2.54. The number of benzene rings is 2. The van der Waals surface area contributed by atoms with Crippen LogP contribution in [0.25, 0.3) is 6.08 Å². The molecule has 0 saturated carbocycles. The van der Waals surface area contributed by atoms with Gasteiger partial charge in [-0.2, -0.15) is 0 Å². The van der Waals surface area contributed by atoms with E-state index in [1.165, 1.54) is 11.1 Å². The lowest BCUT2D eigenvalue weighted by atomic mass is 9.88. The zero-order valence-corrected chi connectivity index (χ0v) is 15.0. The second kappa shape index (κ2) is 5.18. The maximum absolute atomic E-state index is 6.52. The van der Waals surface area contributed by atoms with Gasteiger partial charge in [-0.15, -0.1) is 0 Å². The second-order valence-corrected chi connectivity index (χ2v) is 6.93. The molecule has 2 aromatic carbocycles. The zero-order valence-electron chi connectivity index (χ0n) is 14.3. The topological polar surface area (TPSA) is 21.7 Å². The highest BCUT2D eigenvalue weighted by Gasteiger charge is 2.51. The predicted molar refractivity (Wildman–Crippen MR) is 98.4 cm³/mol. The average molecular weight is 342 g/mol. The molecule has 4 heteroatoms. The number of rotatable bonds is 1.